The van der Waals surface area contributed by atoms with E-state index in [1.807, 2.05) is 0 Å². The Bertz CT molecular complexity index is 621. The third-order valence-corrected chi connectivity index (χ3v) is 4.34. The molecule has 0 saturated heterocycles. The van der Waals surface area contributed by atoms with E-state index < -0.39 is 34.8 Å². The number of hydrogen-bond donors (Lipinski definition) is 0. The Balaban J connectivity index is 2.23. The van der Waals surface area contributed by atoms with Crippen molar-refractivity contribution in [2.75, 3.05) is 6.54 Å². The molecular formula is C18H22F6N2. The van der Waals surface area contributed by atoms with Gasteiger partial charge in [-0.25, -0.2) is 0 Å². The van der Waals surface area contributed by atoms with Crippen LogP contribution in [-0.2, 0) is 0 Å². The number of unbranched alkanes of at least 4 members (excludes halogenated alkanes) is 5. The number of alkyl halides is 6. The third-order valence-electron chi connectivity index (χ3n) is 4.34. The molecule has 0 N–H and O–H groups in total. The molecule has 8 heteroatoms. The second-order valence-electron chi connectivity index (χ2n) is 6.34. The van der Waals surface area contributed by atoms with Crippen LogP contribution in [0, 0.1) is 0 Å². The molecule has 26 heavy (non-hydrogen) atoms. The Morgan fingerprint density at radius 1 is 0.923 bits per heavy atom. The Hall–Kier alpha value is -1.73. The molecule has 0 amide bonds. The standard InChI is InChI=1S/C18H22F6N2/c1-2-3-4-5-6-9-12-25-16-14-11-8-7-10-13(14)15(17(19,20)21)26(16)18(22,23)24/h7-8,10-11,15H,2-6,9,12H2,1H3. The lowest BCUT2D eigenvalue weighted by Crippen LogP contribution is -2.46. The average Bonchev–Trinajstić information content (AvgIpc) is 2.89. The zero-order chi connectivity index (χ0) is 19.4. The van der Waals surface area contributed by atoms with Crippen molar-refractivity contribution in [3.63, 3.8) is 0 Å². The number of fused-ring (bicyclic) bond motifs is 1. The molecule has 1 unspecified atom stereocenters. The Kier molecular flexibility index (Phi) is 6.58. The summed E-state index contributed by atoms with van der Waals surface area (Å²) in [6.07, 6.45) is -4.70. The molecule has 1 heterocycles. The highest BCUT2D eigenvalue weighted by Gasteiger charge is 2.59. The largest absolute Gasteiger partial charge is 0.486 e. The summed E-state index contributed by atoms with van der Waals surface area (Å²) in [6, 6.07) is 2.33. The molecule has 0 aliphatic carbocycles. The van der Waals surface area contributed by atoms with E-state index in [1.165, 1.54) is 18.2 Å². The van der Waals surface area contributed by atoms with Gasteiger partial charge >= 0.3 is 12.5 Å². The van der Waals surface area contributed by atoms with Gasteiger partial charge in [0.25, 0.3) is 0 Å². The summed E-state index contributed by atoms with van der Waals surface area (Å²) >= 11 is 0. The third kappa shape index (κ3) is 4.71. The molecule has 0 radical (unpaired) electrons. The fourth-order valence-electron chi connectivity index (χ4n) is 3.16. The van der Waals surface area contributed by atoms with Gasteiger partial charge in [0.1, 0.15) is 5.84 Å². The molecule has 0 saturated carbocycles. The lowest BCUT2D eigenvalue weighted by Gasteiger charge is -2.30. The highest BCUT2D eigenvalue weighted by molar-refractivity contribution is 6.03. The van der Waals surface area contributed by atoms with E-state index in [0.29, 0.717) is 6.42 Å². The van der Waals surface area contributed by atoms with Gasteiger partial charge in [0.15, 0.2) is 6.04 Å². The first kappa shape index (κ1) is 20.6. The molecule has 1 aliphatic rings. The number of hydrogen-bond acceptors (Lipinski definition) is 1. The molecule has 1 aromatic rings. The van der Waals surface area contributed by atoms with Crippen LogP contribution in [0.4, 0.5) is 26.3 Å². The van der Waals surface area contributed by atoms with Crippen LogP contribution < -0.4 is 0 Å². The van der Waals surface area contributed by atoms with Crippen molar-refractivity contribution in [2.45, 2.75) is 64.0 Å². The Morgan fingerprint density at radius 2 is 1.54 bits per heavy atom. The fraction of sp³-hybridized carbons (Fsp3) is 0.611. The van der Waals surface area contributed by atoms with Gasteiger partial charge in [0, 0.05) is 12.1 Å². The van der Waals surface area contributed by atoms with Gasteiger partial charge in [0.05, 0.1) is 0 Å². The monoisotopic (exact) mass is 380 g/mol. The van der Waals surface area contributed by atoms with Gasteiger partial charge < -0.3 is 0 Å². The van der Waals surface area contributed by atoms with Crippen LogP contribution in [-0.4, -0.2) is 29.8 Å². The molecule has 0 aromatic heterocycles. The number of halogens is 6. The van der Waals surface area contributed by atoms with Crippen molar-refractivity contribution in [3.8, 4) is 0 Å². The van der Waals surface area contributed by atoms with Gasteiger partial charge in [0.2, 0.25) is 0 Å². The quantitative estimate of drug-likeness (QED) is 0.311. The number of rotatable bonds is 7. The minimum Gasteiger partial charge on any atom is -0.268 e. The smallest absolute Gasteiger partial charge is 0.268 e. The zero-order valence-electron chi connectivity index (χ0n) is 14.5. The molecular weight excluding hydrogens is 358 g/mol. The average molecular weight is 380 g/mol. The van der Waals surface area contributed by atoms with Crippen LogP contribution >= 0.6 is 0 Å². The minimum atomic E-state index is -5.17. The second kappa shape index (κ2) is 8.31. The molecule has 0 spiro atoms. The van der Waals surface area contributed by atoms with Crippen molar-refractivity contribution in [1.82, 2.24) is 4.90 Å². The van der Waals surface area contributed by atoms with Crippen molar-refractivity contribution in [3.05, 3.63) is 35.4 Å². The maximum Gasteiger partial charge on any atom is 0.486 e. The summed E-state index contributed by atoms with van der Waals surface area (Å²) in [6.45, 7) is 2.15. The second-order valence-corrected chi connectivity index (χ2v) is 6.34. The van der Waals surface area contributed by atoms with E-state index in [9.17, 15) is 26.3 Å². The van der Waals surface area contributed by atoms with Gasteiger partial charge in [-0.1, -0.05) is 63.3 Å². The minimum absolute atomic E-state index is 0.0763. The van der Waals surface area contributed by atoms with E-state index in [2.05, 4.69) is 11.9 Å². The van der Waals surface area contributed by atoms with Gasteiger partial charge in [-0.05, 0) is 12.0 Å². The van der Waals surface area contributed by atoms with Crippen LogP contribution in [0.2, 0.25) is 0 Å². The zero-order valence-corrected chi connectivity index (χ0v) is 14.5. The molecule has 1 aromatic carbocycles. The predicted molar refractivity (Wildman–Crippen MR) is 87.9 cm³/mol. The maximum absolute atomic E-state index is 13.4. The fourth-order valence-corrected chi connectivity index (χ4v) is 3.16. The summed E-state index contributed by atoms with van der Waals surface area (Å²) < 4.78 is 80.3. The molecule has 1 aliphatic heterocycles. The van der Waals surface area contributed by atoms with E-state index in [-0.39, 0.29) is 12.1 Å². The summed E-state index contributed by atoms with van der Waals surface area (Å²) in [5, 5.41) is 0. The predicted octanol–water partition coefficient (Wildman–Crippen LogP) is 6.23. The SMILES string of the molecule is CCCCCCCCN=C1c2ccccc2C(C(F)(F)F)N1C(F)(F)F. The number of nitrogens with zero attached hydrogens (tertiary/aromatic N) is 2. The lowest BCUT2D eigenvalue weighted by atomic mass is 10.0. The first-order valence-corrected chi connectivity index (χ1v) is 8.74. The van der Waals surface area contributed by atoms with Crippen LogP contribution in [0.3, 0.4) is 0 Å². The van der Waals surface area contributed by atoms with Crippen LogP contribution in [0.1, 0.15) is 62.6 Å². The van der Waals surface area contributed by atoms with Crippen LogP contribution in [0.15, 0.2) is 29.3 Å². The van der Waals surface area contributed by atoms with E-state index >= 15 is 0 Å². The molecule has 0 bridgehead atoms. The van der Waals surface area contributed by atoms with E-state index in [0.717, 1.165) is 38.2 Å². The van der Waals surface area contributed by atoms with Crippen molar-refractivity contribution < 1.29 is 26.3 Å². The van der Waals surface area contributed by atoms with E-state index in [4.69, 9.17) is 0 Å². The topological polar surface area (TPSA) is 15.6 Å². The highest BCUT2D eigenvalue weighted by atomic mass is 19.4. The maximum atomic E-state index is 13.4. The van der Waals surface area contributed by atoms with Crippen molar-refractivity contribution >= 4 is 5.84 Å². The molecule has 0 fully saturated rings. The summed E-state index contributed by atoms with van der Waals surface area (Å²) in [7, 11) is 0. The van der Waals surface area contributed by atoms with Crippen LogP contribution in [0.5, 0.6) is 0 Å². The number of benzene rings is 1. The van der Waals surface area contributed by atoms with Gasteiger partial charge in [-0.3, -0.25) is 9.89 Å². The summed E-state index contributed by atoms with van der Waals surface area (Å²) in [5.74, 6) is -0.635. The van der Waals surface area contributed by atoms with Crippen molar-refractivity contribution in [2.24, 2.45) is 4.99 Å². The van der Waals surface area contributed by atoms with Gasteiger partial charge in [-0.2, -0.15) is 13.2 Å². The van der Waals surface area contributed by atoms with Gasteiger partial charge in [-0.15, -0.1) is 13.2 Å². The molecule has 1 atom stereocenters. The molecule has 146 valence electrons. The molecule has 2 rings (SSSR count). The highest BCUT2D eigenvalue weighted by Crippen LogP contribution is 2.49. The Morgan fingerprint density at radius 3 is 2.15 bits per heavy atom. The van der Waals surface area contributed by atoms with Crippen LogP contribution in [0.25, 0.3) is 0 Å². The normalized spacial score (nSPS) is 19.3. The van der Waals surface area contributed by atoms with E-state index in [1.54, 1.807) is 0 Å². The van der Waals surface area contributed by atoms with Crippen molar-refractivity contribution in [1.29, 1.82) is 0 Å². The molecule has 2 nitrogen and oxygen atoms in total. The number of aliphatic imine (C=N–C) groups is 1. The summed E-state index contributed by atoms with van der Waals surface area (Å²) in [5.41, 5.74) is -0.503. The number of amidine groups is 1. The lowest BCUT2D eigenvalue weighted by molar-refractivity contribution is -0.274. The first-order chi connectivity index (χ1) is 12.2. The first-order valence-electron chi connectivity index (χ1n) is 8.74. The Labute approximate surface area is 148 Å². The summed E-state index contributed by atoms with van der Waals surface area (Å²) in [4.78, 5) is 3.37.